The molecule has 2 heterocycles. The minimum Gasteiger partial charge on any atom is -0.359 e. The predicted molar refractivity (Wildman–Crippen MR) is 77.2 cm³/mol. The Balaban J connectivity index is 1.76. The Bertz CT molecular complexity index is 444. The largest absolute Gasteiger partial charge is 0.359 e. The molecule has 1 fully saturated rings. The van der Waals surface area contributed by atoms with E-state index in [-0.39, 0.29) is 5.91 Å². The number of rotatable bonds is 5. The second-order valence-electron chi connectivity index (χ2n) is 5.85. The van der Waals surface area contributed by atoms with Gasteiger partial charge >= 0.3 is 0 Å². The first-order valence-corrected chi connectivity index (χ1v) is 7.42. The van der Waals surface area contributed by atoms with Crippen LogP contribution >= 0.6 is 0 Å². The molecule has 1 saturated heterocycles. The van der Waals surface area contributed by atoms with Gasteiger partial charge in [-0.15, -0.1) is 0 Å². The van der Waals surface area contributed by atoms with Crippen molar-refractivity contribution in [3.8, 4) is 0 Å². The lowest BCUT2D eigenvalue weighted by Gasteiger charge is -2.32. The lowest BCUT2D eigenvalue weighted by Crippen LogP contribution is -2.37. The molecule has 1 aliphatic rings. The van der Waals surface area contributed by atoms with E-state index in [1.54, 1.807) is 4.90 Å². The maximum Gasteiger partial charge on any atom is 0.222 e. The molecule has 1 aromatic heterocycles. The van der Waals surface area contributed by atoms with Crippen LogP contribution in [0.4, 0.5) is 0 Å². The molecular formula is C15H25N3O2. The number of piperidine rings is 1. The highest BCUT2D eigenvalue weighted by molar-refractivity contribution is 5.75. The molecule has 0 spiro atoms. The van der Waals surface area contributed by atoms with Crippen molar-refractivity contribution in [3.63, 3.8) is 0 Å². The van der Waals surface area contributed by atoms with Gasteiger partial charge in [-0.05, 0) is 39.8 Å². The van der Waals surface area contributed by atoms with Gasteiger partial charge in [0.05, 0.1) is 12.2 Å². The zero-order valence-corrected chi connectivity index (χ0v) is 12.8. The van der Waals surface area contributed by atoms with Crippen molar-refractivity contribution in [3.05, 3.63) is 17.5 Å². The number of likely N-dealkylation sites (tertiary alicyclic amines) is 1. The number of carbonyl (C=O) groups excluding carboxylic acids is 1. The molecule has 0 saturated carbocycles. The SMILES string of the molecule is Cc1cc(CN(C)C(=O)CC[C@H]2CCCCN2C)on1. The summed E-state index contributed by atoms with van der Waals surface area (Å²) >= 11 is 0. The molecule has 0 radical (unpaired) electrons. The molecule has 20 heavy (non-hydrogen) atoms. The Morgan fingerprint density at radius 3 is 3.00 bits per heavy atom. The van der Waals surface area contributed by atoms with Crippen molar-refractivity contribution in [2.24, 2.45) is 0 Å². The van der Waals surface area contributed by atoms with Gasteiger partial charge < -0.3 is 14.3 Å². The molecule has 5 nitrogen and oxygen atoms in total. The zero-order valence-electron chi connectivity index (χ0n) is 12.8. The Hall–Kier alpha value is -1.36. The van der Waals surface area contributed by atoms with E-state index >= 15 is 0 Å². The summed E-state index contributed by atoms with van der Waals surface area (Å²) in [6, 6.07) is 2.44. The summed E-state index contributed by atoms with van der Waals surface area (Å²) in [6.07, 6.45) is 5.35. The zero-order chi connectivity index (χ0) is 14.5. The van der Waals surface area contributed by atoms with Crippen LogP contribution in [-0.4, -0.2) is 47.5 Å². The molecule has 2 rings (SSSR count). The van der Waals surface area contributed by atoms with Crippen LogP contribution in [0, 0.1) is 6.92 Å². The van der Waals surface area contributed by atoms with Gasteiger partial charge in [-0.3, -0.25) is 4.79 Å². The molecule has 0 bridgehead atoms. The highest BCUT2D eigenvalue weighted by Crippen LogP contribution is 2.19. The topological polar surface area (TPSA) is 49.6 Å². The summed E-state index contributed by atoms with van der Waals surface area (Å²) in [5, 5.41) is 3.84. The average molecular weight is 279 g/mol. The van der Waals surface area contributed by atoms with Gasteiger partial charge in [0.2, 0.25) is 5.91 Å². The minimum atomic E-state index is 0.179. The first-order chi connectivity index (χ1) is 9.56. The van der Waals surface area contributed by atoms with Crippen LogP contribution in [-0.2, 0) is 11.3 Å². The second kappa shape index (κ2) is 6.88. The van der Waals surface area contributed by atoms with Crippen molar-refractivity contribution < 1.29 is 9.32 Å². The van der Waals surface area contributed by atoms with E-state index in [0.717, 1.165) is 24.4 Å². The number of aromatic nitrogens is 1. The molecular weight excluding hydrogens is 254 g/mol. The summed E-state index contributed by atoms with van der Waals surface area (Å²) in [5.41, 5.74) is 0.852. The third-order valence-corrected chi connectivity index (χ3v) is 4.11. The van der Waals surface area contributed by atoms with Crippen molar-refractivity contribution in [1.82, 2.24) is 15.0 Å². The van der Waals surface area contributed by atoms with Gasteiger partial charge in [-0.1, -0.05) is 11.6 Å². The van der Waals surface area contributed by atoms with Crippen LogP contribution in [0.25, 0.3) is 0 Å². The third-order valence-electron chi connectivity index (χ3n) is 4.11. The second-order valence-corrected chi connectivity index (χ2v) is 5.85. The van der Waals surface area contributed by atoms with E-state index in [1.807, 2.05) is 20.0 Å². The number of hydrogen-bond donors (Lipinski definition) is 0. The molecule has 5 heteroatoms. The molecule has 0 unspecified atom stereocenters. The van der Waals surface area contributed by atoms with Gasteiger partial charge in [0.15, 0.2) is 5.76 Å². The normalized spacial score (nSPS) is 20.1. The van der Waals surface area contributed by atoms with E-state index < -0.39 is 0 Å². The fraction of sp³-hybridized carbons (Fsp3) is 0.733. The van der Waals surface area contributed by atoms with E-state index in [1.165, 1.54) is 19.3 Å². The molecule has 1 amide bonds. The highest BCUT2D eigenvalue weighted by atomic mass is 16.5. The molecule has 0 aliphatic carbocycles. The van der Waals surface area contributed by atoms with Gasteiger partial charge in [-0.2, -0.15) is 0 Å². The van der Waals surface area contributed by atoms with Crippen LogP contribution in [0.2, 0.25) is 0 Å². The van der Waals surface area contributed by atoms with Crippen LogP contribution in [0.3, 0.4) is 0 Å². The van der Waals surface area contributed by atoms with Crippen LogP contribution in [0.1, 0.15) is 43.6 Å². The van der Waals surface area contributed by atoms with E-state index in [0.29, 0.717) is 19.0 Å². The van der Waals surface area contributed by atoms with Crippen LogP contribution < -0.4 is 0 Å². The summed E-state index contributed by atoms with van der Waals surface area (Å²) < 4.78 is 5.14. The number of carbonyl (C=O) groups is 1. The lowest BCUT2D eigenvalue weighted by atomic mass is 9.98. The average Bonchev–Trinajstić information content (AvgIpc) is 2.82. The Morgan fingerprint density at radius 2 is 2.35 bits per heavy atom. The fourth-order valence-electron chi connectivity index (χ4n) is 2.80. The first-order valence-electron chi connectivity index (χ1n) is 7.42. The van der Waals surface area contributed by atoms with Gasteiger partial charge in [0, 0.05) is 25.6 Å². The van der Waals surface area contributed by atoms with E-state index in [9.17, 15) is 4.79 Å². The molecule has 112 valence electrons. The highest BCUT2D eigenvalue weighted by Gasteiger charge is 2.20. The van der Waals surface area contributed by atoms with Crippen molar-refractivity contribution >= 4 is 5.91 Å². The van der Waals surface area contributed by atoms with E-state index in [2.05, 4.69) is 17.1 Å². The predicted octanol–water partition coefficient (Wildman–Crippen LogP) is 2.21. The third kappa shape index (κ3) is 4.07. The van der Waals surface area contributed by atoms with Gasteiger partial charge in [0.25, 0.3) is 0 Å². The van der Waals surface area contributed by atoms with Crippen LogP contribution in [0.15, 0.2) is 10.6 Å². The lowest BCUT2D eigenvalue weighted by molar-refractivity contribution is -0.131. The maximum atomic E-state index is 12.1. The Labute approximate surface area is 120 Å². The van der Waals surface area contributed by atoms with Crippen LogP contribution in [0.5, 0.6) is 0 Å². The molecule has 1 aromatic rings. The van der Waals surface area contributed by atoms with E-state index in [4.69, 9.17) is 4.52 Å². The number of hydrogen-bond acceptors (Lipinski definition) is 4. The molecule has 0 N–H and O–H groups in total. The fourth-order valence-corrected chi connectivity index (χ4v) is 2.80. The Morgan fingerprint density at radius 1 is 1.55 bits per heavy atom. The summed E-state index contributed by atoms with van der Waals surface area (Å²) in [5.74, 6) is 0.922. The van der Waals surface area contributed by atoms with Crippen molar-refractivity contribution in [2.75, 3.05) is 20.6 Å². The maximum absolute atomic E-state index is 12.1. The summed E-state index contributed by atoms with van der Waals surface area (Å²) in [6.45, 7) is 3.54. The molecule has 1 aliphatic heterocycles. The standard InChI is InChI=1S/C15H25N3O2/c1-12-10-14(20-16-12)11-18(3)15(19)8-7-13-6-4-5-9-17(13)2/h10,13H,4-9,11H2,1-3H3/t13-/m1/s1. The van der Waals surface area contributed by atoms with Crippen molar-refractivity contribution in [1.29, 1.82) is 0 Å². The summed E-state index contributed by atoms with van der Waals surface area (Å²) in [4.78, 5) is 16.3. The van der Waals surface area contributed by atoms with Gasteiger partial charge in [0.1, 0.15) is 0 Å². The number of nitrogens with zero attached hydrogens (tertiary/aromatic N) is 3. The Kier molecular flexibility index (Phi) is 5.17. The quantitative estimate of drug-likeness (QED) is 0.829. The molecule has 0 aromatic carbocycles. The van der Waals surface area contributed by atoms with Gasteiger partial charge in [-0.25, -0.2) is 0 Å². The summed E-state index contributed by atoms with van der Waals surface area (Å²) in [7, 11) is 3.99. The smallest absolute Gasteiger partial charge is 0.222 e. The molecule has 1 atom stereocenters. The number of amides is 1. The first kappa shape index (κ1) is 15.0. The minimum absolute atomic E-state index is 0.179. The van der Waals surface area contributed by atoms with Crippen molar-refractivity contribution in [2.45, 2.75) is 51.6 Å². The monoisotopic (exact) mass is 279 g/mol. The number of aryl methyl sites for hydroxylation is 1.